The van der Waals surface area contributed by atoms with Crippen LogP contribution in [0.4, 0.5) is 5.95 Å². The summed E-state index contributed by atoms with van der Waals surface area (Å²) in [5.74, 6) is 1.06. The highest BCUT2D eigenvalue weighted by atomic mass is 16.5. The minimum absolute atomic E-state index is 0.614. The minimum atomic E-state index is 0.614. The van der Waals surface area contributed by atoms with Gasteiger partial charge in [0, 0.05) is 38.4 Å². The Labute approximate surface area is 127 Å². The van der Waals surface area contributed by atoms with Gasteiger partial charge in [-0.1, -0.05) is 19.3 Å². The van der Waals surface area contributed by atoms with Gasteiger partial charge in [-0.05, 0) is 19.8 Å². The molecule has 2 aliphatic rings. The zero-order valence-corrected chi connectivity index (χ0v) is 13.2. The quantitative estimate of drug-likeness (QED) is 0.904. The van der Waals surface area contributed by atoms with Crippen LogP contribution in [0.2, 0.25) is 0 Å². The molecule has 0 aromatic carbocycles. The van der Waals surface area contributed by atoms with Gasteiger partial charge in [0.2, 0.25) is 5.95 Å². The van der Waals surface area contributed by atoms with Crippen LogP contribution in [0.25, 0.3) is 0 Å². The van der Waals surface area contributed by atoms with Crippen LogP contribution in [-0.2, 0) is 11.3 Å². The fraction of sp³-hybridized carbons (Fsp3) is 0.812. The molecular formula is C16H28N4O. The summed E-state index contributed by atoms with van der Waals surface area (Å²) in [6.07, 6.45) is 8.84. The Morgan fingerprint density at radius 1 is 1.19 bits per heavy atom. The van der Waals surface area contributed by atoms with Gasteiger partial charge in [0.25, 0.3) is 0 Å². The molecule has 1 aliphatic heterocycles. The number of hydrogen-bond donors (Lipinski definition) is 1. The van der Waals surface area contributed by atoms with Crippen LogP contribution in [0.5, 0.6) is 0 Å². The molecular weight excluding hydrogens is 264 g/mol. The van der Waals surface area contributed by atoms with Gasteiger partial charge in [-0.25, -0.2) is 4.98 Å². The third-order valence-electron chi connectivity index (χ3n) is 4.60. The number of hydrogen-bond acceptors (Lipinski definition) is 4. The van der Waals surface area contributed by atoms with E-state index in [9.17, 15) is 0 Å². The van der Waals surface area contributed by atoms with Crippen molar-refractivity contribution in [2.24, 2.45) is 0 Å². The first kappa shape index (κ1) is 14.9. The van der Waals surface area contributed by atoms with E-state index in [0.717, 1.165) is 51.0 Å². The molecule has 1 aliphatic carbocycles. The van der Waals surface area contributed by atoms with Crippen molar-refractivity contribution in [3.63, 3.8) is 0 Å². The summed E-state index contributed by atoms with van der Waals surface area (Å²) in [5.41, 5.74) is 1.11. The average molecular weight is 292 g/mol. The number of aromatic nitrogens is 2. The average Bonchev–Trinajstić information content (AvgIpc) is 2.87. The summed E-state index contributed by atoms with van der Waals surface area (Å²) < 4.78 is 7.70. The highest BCUT2D eigenvalue weighted by molar-refractivity contribution is 5.30. The van der Waals surface area contributed by atoms with Crippen LogP contribution in [0.1, 0.15) is 37.8 Å². The standard InChI is InChI=1S/C16H28N4O/c1-14-13-20(8-7-19-9-11-21-12-10-19)16(17-14)18-15-5-3-2-4-6-15/h13,15H,2-12H2,1H3,(H,17,18). The van der Waals surface area contributed by atoms with E-state index in [1.165, 1.54) is 32.1 Å². The van der Waals surface area contributed by atoms with Crippen molar-refractivity contribution in [2.75, 3.05) is 38.2 Å². The van der Waals surface area contributed by atoms with Crippen molar-refractivity contribution in [1.82, 2.24) is 14.5 Å². The molecule has 118 valence electrons. The summed E-state index contributed by atoms with van der Waals surface area (Å²) in [5, 5.41) is 3.67. The number of rotatable bonds is 5. The first-order chi connectivity index (χ1) is 10.3. The predicted octanol–water partition coefficient (Wildman–Crippen LogP) is 2.27. The van der Waals surface area contributed by atoms with Gasteiger partial charge >= 0.3 is 0 Å². The fourth-order valence-corrected chi connectivity index (χ4v) is 3.34. The second-order valence-corrected chi connectivity index (χ2v) is 6.33. The first-order valence-electron chi connectivity index (χ1n) is 8.42. The van der Waals surface area contributed by atoms with Crippen LogP contribution >= 0.6 is 0 Å². The maximum atomic E-state index is 5.41. The number of nitrogens with one attached hydrogen (secondary N) is 1. The van der Waals surface area contributed by atoms with Crippen LogP contribution in [0.3, 0.4) is 0 Å². The molecule has 1 aromatic rings. The van der Waals surface area contributed by atoms with Crippen LogP contribution in [-0.4, -0.2) is 53.3 Å². The molecule has 5 nitrogen and oxygen atoms in total. The van der Waals surface area contributed by atoms with Crippen LogP contribution < -0.4 is 5.32 Å². The summed E-state index contributed by atoms with van der Waals surface area (Å²) in [4.78, 5) is 7.15. The number of morpholine rings is 1. The highest BCUT2D eigenvalue weighted by Gasteiger charge is 2.16. The first-order valence-corrected chi connectivity index (χ1v) is 8.42. The number of imidazole rings is 1. The molecule has 0 spiro atoms. The molecule has 3 rings (SSSR count). The summed E-state index contributed by atoms with van der Waals surface area (Å²) in [6.45, 7) is 8.02. The van der Waals surface area contributed by atoms with Gasteiger partial charge in [0.05, 0.1) is 18.9 Å². The highest BCUT2D eigenvalue weighted by Crippen LogP contribution is 2.21. The second kappa shape index (κ2) is 7.27. The van der Waals surface area contributed by atoms with Crippen molar-refractivity contribution in [1.29, 1.82) is 0 Å². The molecule has 0 atom stereocenters. The zero-order chi connectivity index (χ0) is 14.5. The smallest absolute Gasteiger partial charge is 0.203 e. The molecule has 1 N–H and O–H groups in total. The molecule has 0 radical (unpaired) electrons. The van der Waals surface area contributed by atoms with E-state index >= 15 is 0 Å². The van der Waals surface area contributed by atoms with Gasteiger partial charge in [0.1, 0.15) is 0 Å². The van der Waals surface area contributed by atoms with Crippen molar-refractivity contribution in [3.8, 4) is 0 Å². The molecule has 0 amide bonds. The molecule has 1 aromatic heterocycles. The summed E-state index contributed by atoms with van der Waals surface area (Å²) in [6, 6.07) is 0.614. The molecule has 1 saturated carbocycles. The maximum Gasteiger partial charge on any atom is 0.203 e. The molecule has 5 heteroatoms. The lowest BCUT2D eigenvalue weighted by Gasteiger charge is -2.27. The normalized spacial score (nSPS) is 21.6. The number of anilines is 1. The monoisotopic (exact) mass is 292 g/mol. The van der Waals surface area contributed by atoms with E-state index < -0.39 is 0 Å². The largest absolute Gasteiger partial charge is 0.379 e. The van der Waals surface area contributed by atoms with Gasteiger partial charge in [-0.2, -0.15) is 0 Å². The van der Waals surface area contributed by atoms with Gasteiger partial charge in [0.15, 0.2) is 0 Å². The number of ether oxygens (including phenoxy) is 1. The Hall–Kier alpha value is -1.07. The Kier molecular flexibility index (Phi) is 5.14. The van der Waals surface area contributed by atoms with E-state index in [-0.39, 0.29) is 0 Å². The van der Waals surface area contributed by atoms with Crippen LogP contribution in [0, 0.1) is 6.92 Å². The van der Waals surface area contributed by atoms with Gasteiger partial charge < -0.3 is 14.6 Å². The Morgan fingerprint density at radius 3 is 2.71 bits per heavy atom. The molecule has 2 heterocycles. The lowest BCUT2D eigenvalue weighted by molar-refractivity contribution is 0.0364. The Balaban J connectivity index is 1.56. The van der Waals surface area contributed by atoms with Crippen molar-refractivity contribution in [2.45, 2.75) is 51.6 Å². The predicted molar refractivity (Wildman–Crippen MR) is 84.7 cm³/mol. The molecule has 0 bridgehead atoms. The minimum Gasteiger partial charge on any atom is -0.379 e. The lowest BCUT2D eigenvalue weighted by Crippen LogP contribution is -2.38. The zero-order valence-electron chi connectivity index (χ0n) is 13.2. The van der Waals surface area contributed by atoms with E-state index in [1.54, 1.807) is 0 Å². The topological polar surface area (TPSA) is 42.3 Å². The molecule has 0 unspecified atom stereocenters. The van der Waals surface area contributed by atoms with E-state index in [4.69, 9.17) is 4.74 Å². The lowest BCUT2D eigenvalue weighted by atomic mass is 9.96. The summed E-state index contributed by atoms with van der Waals surface area (Å²) in [7, 11) is 0. The van der Waals surface area contributed by atoms with Gasteiger partial charge in [-0.15, -0.1) is 0 Å². The second-order valence-electron chi connectivity index (χ2n) is 6.33. The van der Waals surface area contributed by atoms with Crippen LogP contribution in [0.15, 0.2) is 6.20 Å². The maximum absolute atomic E-state index is 5.41. The van der Waals surface area contributed by atoms with E-state index in [1.807, 2.05) is 0 Å². The molecule has 2 fully saturated rings. The fourth-order valence-electron chi connectivity index (χ4n) is 3.34. The Bertz CT molecular complexity index is 433. The van der Waals surface area contributed by atoms with E-state index in [0.29, 0.717) is 6.04 Å². The van der Waals surface area contributed by atoms with Crippen molar-refractivity contribution in [3.05, 3.63) is 11.9 Å². The number of aryl methyl sites for hydroxylation is 1. The third-order valence-corrected chi connectivity index (χ3v) is 4.60. The Morgan fingerprint density at radius 2 is 1.95 bits per heavy atom. The molecule has 21 heavy (non-hydrogen) atoms. The molecule has 1 saturated heterocycles. The van der Waals surface area contributed by atoms with Crippen molar-refractivity contribution >= 4 is 5.95 Å². The summed E-state index contributed by atoms with van der Waals surface area (Å²) >= 11 is 0. The van der Waals surface area contributed by atoms with E-state index in [2.05, 4.69) is 32.9 Å². The third kappa shape index (κ3) is 4.20. The number of nitrogens with zero attached hydrogens (tertiary/aromatic N) is 3. The van der Waals surface area contributed by atoms with Crippen molar-refractivity contribution < 1.29 is 4.74 Å². The van der Waals surface area contributed by atoms with Gasteiger partial charge in [-0.3, -0.25) is 4.90 Å². The SMILES string of the molecule is Cc1cn(CCN2CCOCC2)c(NC2CCCCC2)n1.